The molecule has 0 saturated heterocycles. The van der Waals surface area contributed by atoms with Gasteiger partial charge in [0, 0.05) is 18.7 Å². The standard InChI is InChI=1S/C29H36N6O2/c1-4-26(28-31-32-33-35(28)24-11-6-5-7-12-24)34(18-21-13-15-25(37-3)16-14-21)19-23-17-22-10-8-9-20(2)27(22)30-29(23)36/h8-10,13-17,24,26H,4-7,11-12,18-19H2,1-3H3,(H,30,36)/t26-/m1/s1. The summed E-state index contributed by atoms with van der Waals surface area (Å²) in [4.78, 5) is 18.7. The molecule has 2 aromatic carbocycles. The van der Waals surface area contributed by atoms with Gasteiger partial charge in [0.15, 0.2) is 5.82 Å². The van der Waals surface area contributed by atoms with Crippen molar-refractivity contribution >= 4 is 10.9 Å². The first kappa shape index (κ1) is 25.1. The van der Waals surface area contributed by atoms with E-state index in [4.69, 9.17) is 4.74 Å². The van der Waals surface area contributed by atoms with Crippen molar-refractivity contribution in [2.24, 2.45) is 0 Å². The van der Waals surface area contributed by atoms with E-state index in [0.717, 1.165) is 58.4 Å². The number of H-pyrrole nitrogens is 1. The third-order valence-electron chi connectivity index (χ3n) is 7.65. The summed E-state index contributed by atoms with van der Waals surface area (Å²) >= 11 is 0. The average Bonchev–Trinajstić information content (AvgIpc) is 3.40. The lowest BCUT2D eigenvalue weighted by molar-refractivity contribution is 0.155. The SMILES string of the molecule is CC[C@H](c1nnnn1C1CCCCC1)N(Cc1ccc(OC)cc1)Cc1cc2cccc(C)c2[nH]c1=O. The van der Waals surface area contributed by atoms with Crippen molar-refractivity contribution in [1.82, 2.24) is 30.1 Å². The van der Waals surface area contributed by atoms with Gasteiger partial charge in [-0.1, -0.05) is 56.5 Å². The molecule has 2 heterocycles. The number of methoxy groups -OCH3 is 1. The second-order valence-corrected chi connectivity index (χ2v) is 10.1. The largest absolute Gasteiger partial charge is 0.497 e. The zero-order valence-corrected chi connectivity index (χ0v) is 22.0. The summed E-state index contributed by atoms with van der Waals surface area (Å²) in [6.07, 6.45) is 6.74. The molecule has 0 aliphatic heterocycles. The van der Waals surface area contributed by atoms with Crippen molar-refractivity contribution in [3.05, 3.63) is 81.4 Å². The minimum absolute atomic E-state index is 0.0355. The number of aromatic amines is 1. The highest BCUT2D eigenvalue weighted by Crippen LogP contribution is 2.33. The Morgan fingerprint density at radius 1 is 1.11 bits per heavy atom. The molecule has 1 aliphatic carbocycles. The highest BCUT2D eigenvalue weighted by molar-refractivity contribution is 5.81. The van der Waals surface area contributed by atoms with E-state index >= 15 is 0 Å². The van der Waals surface area contributed by atoms with E-state index in [1.54, 1.807) is 7.11 Å². The summed E-state index contributed by atoms with van der Waals surface area (Å²) in [5, 5.41) is 14.1. The fraction of sp³-hybridized carbons (Fsp3) is 0.448. The summed E-state index contributed by atoms with van der Waals surface area (Å²) in [6.45, 7) is 5.33. The van der Waals surface area contributed by atoms with Gasteiger partial charge in [-0.25, -0.2) is 4.68 Å². The van der Waals surface area contributed by atoms with Crippen LogP contribution < -0.4 is 10.3 Å². The Morgan fingerprint density at radius 2 is 1.89 bits per heavy atom. The van der Waals surface area contributed by atoms with Crippen LogP contribution in [0.3, 0.4) is 0 Å². The molecular formula is C29H36N6O2. The summed E-state index contributed by atoms with van der Waals surface area (Å²) in [7, 11) is 1.67. The van der Waals surface area contributed by atoms with Crippen LogP contribution in [0.25, 0.3) is 10.9 Å². The fourth-order valence-corrected chi connectivity index (χ4v) is 5.62. The molecular weight excluding hydrogens is 464 g/mol. The zero-order valence-electron chi connectivity index (χ0n) is 22.0. The molecule has 1 atom stereocenters. The molecule has 5 rings (SSSR count). The van der Waals surface area contributed by atoms with Crippen LogP contribution in [0.2, 0.25) is 0 Å². The summed E-state index contributed by atoms with van der Waals surface area (Å²) < 4.78 is 7.42. The smallest absolute Gasteiger partial charge is 0.252 e. The maximum absolute atomic E-state index is 13.2. The van der Waals surface area contributed by atoms with Gasteiger partial charge in [0.25, 0.3) is 5.56 Å². The molecule has 194 valence electrons. The zero-order chi connectivity index (χ0) is 25.8. The van der Waals surface area contributed by atoms with Gasteiger partial charge in [0.2, 0.25) is 0 Å². The third kappa shape index (κ3) is 5.44. The summed E-state index contributed by atoms with van der Waals surface area (Å²) in [5.41, 5.74) is 3.79. The van der Waals surface area contributed by atoms with Gasteiger partial charge >= 0.3 is 0 Å². The van der Waals surface area contributed by atoms with E-state index in [1.807, 2.05) is 37.3 Å². The van der Waals surface area contributed by atoms with Gasteiger partial charge in [-0.05, 0) is 71.3 Å². The number of aryl methyl sites for hydroxylation is 1. The Labute approximate surface area is 217 Å². The molecule has 1 saturated carbocycles. The second-order valence-electron chi connectivity index (χ2n) is 10.1. The molecule has 0 unspecified atom stereocenters. The first-order valence-corrected chi connectivity index (χ1v) is 13.3. The van der Waals surface area contributed by atoms with Crippen molar-refractivity contribution in [2.75, 3.05) is 7.11 Å². The molecule has 0 radical (unpaired) electrons. The number of aromatic nitrogens is 5. The number of benzene rings is 2. The lowest BCUT2D eigenvalue weighted by atomic mass is 9.95. The van der Waals surface area contributed by atoms with Gasteiger partial charge in [0.05, 0.1) is 24.7 Å². The third-order valence-corrected chi connectivity index (χ3v) is 7.65. The molecule has 8 nitrogen and oxygen atoms in total. The molecule has 0 bridgehead atoms. The first-order chi connectivity index (χ1) is 18.1. The maximum Gasteiger partial charge on any atom is 0.252 e. The van der Waals surface area contributed by atoms with E-state index in [1.165, 1.54) is 19.3 Å². The minimum atomic E-state index is -0.0525. The fourth-order valence-electron chi connectivity index (χ4n) is 5.62. The normalized spacial score (nSPS) is 15.4. The van der Waals surface area contributed by atoms with Crippen LogP contribution in [0, 0.1) is 6.92 Å². The molecule has 37 heavy (non-hydrogen) atoms. The Hall–Kier alpha value is -3.52. The first-order valence-electron chi connectivity index (χ1n) is 13.3. The maximum atomic E-state index is 13.2. The number of tetrazole rings is 1. The van der Waals surface area contributed by atoms with Crippen molar-refractivity contribution in [1.29, 1.82) is 0 Å². The van der Waals surface area contributed by atoms with Crippen LogP contribution in [0.1, 0.15) is 80.0 Å². The van der Waals surface area contributed by atoms with Crippen molar-refractivity contribution < 1.29 is 4.74 Å². The molecule has 2 aromatic heterocycles. The van der Waals surface area contributed by atoms with Crippen LogP contribution in [0.15, 0.2) is 53.3 Å². The Morgan fingerprint density at radius 3 is 2.62 bits per heavy atom. The Bertz CT molecular complexity index is 1390. The molecule has 4 aromatic rings. The number of hydrogen-bond acceptors (Lipinski definition) is 6. The van der Waals surface area contributed by atoms with Crippen LogP contribution >= 0.6 is 0 Å². The molecule has 1 N–H and O–H groups in total. The van der Waals surface area contributed by atoms with Gasteiger partial charge in [0.1, 0.15) is 5.75 Å². The van der Waals surface area contributed by atoms with Gasteiger partial charge in [-0.2, -0.15) is 0 Å². The van der Waals surface area contributed by atoms with E-state index in [-0.39, 0.29) is 11.6 Å². The average molecular weight is 501 g/mol. The Kier molecular flexibility index (Phi) is 7.65. The molecule has 1 aliphatic rings. The van der Waals surface area contributed by atoms with Crippen LogP contribution in [-0.4, -0.2) is 37.2 Å². The molecule has 8 heteroatoms. The molecule has 0 amide bonds. The number of hydrogen-bond donors (Lipinski definition) is 1. The van der Waals surface area contributed by atoms with Crippen LogP contribution in [0.4, 0.5) is 0 Å². The van der Waals surface area contributed by atoms with Crippen molar-refractivity contribution in [3.8, 4) is 5.75 Å². The van der Waals surface area contributed by atoms with Crippen molar-refractivity contribution in [3.63, 3.8) is 0 Å². The number of rotatable bonds is 9. The lowest BCUT2D eigenvalue weighted by Gasteiger charge is -2.32. The number of ether oxygens (including phenoxy) is 1. The van der Waals surface area contributed by atoms with E-state index in [9.17, 15) is 4.79 Å². The predicted molar refractivity (Wildman–Crippen MR) is 145 cm³/mol. The second kappa shape index (κ2) is 11.3. The van der Waals surface area contributed by atoms with Crippen LogP contribution in [-0.2, 0) is 13.1 Å². The summed E-state index contributed by atoms with van der Waals surface area (Å²) in [5.74, 6) is 1.71. The quantitative estimate of drug-likeness (QED) is 0.327. The van der Waals surface area contributed by atoms with Crippen molar-refractivity contribution in [2.45, 2.75) is 77.5 Å². The number of pyridine rings is 1. The Balaban J connectivity index is 1.52. The highest BCUT2D eigenvalue weighted by Gasteiger charge is 2.29. The molecule has 1 fully saturated rings. The number of nitrogens with one attached hydrogen (secondary N) is 1. The predicted octanol–water partition coefficient (Wildman–Crippen LogP) is 5.49. The number of nitrogens with zero attached hydrogens (tertiary/aromatic N) is 5. The lowest BCUT2D eigenvalue weighted by Crippen LogP contribution is -2.33. The van der Waals surface area contributed by atoms with Gasteiger partial charge in [-0.3, -0.25) is 9.69 Å². The topological polar surface area (TPSA) is 88.9 Å². The molecule has 0 spiro atoms. The van der Waals surface area contributed by atoms with E-state index in [2.05, 4.69) is 55.2 Å². The number of fused-ring (bicyclic) bond motifs is 1. The van der Waals surface area contributed by atoms with E-state index in [0.29, 0.717) is 19.1 Å². The number of para-hydroxylation sites is 1. The van der Waals surface area contributed by atoms with E-state index < -0.39 is 0 Å². The summed E-state index contributed by atoms with van der Waals surface area (Å²) in [6, 6.07) is 16.5. The highest BCUT2D eigenvalue weighted by atomic mass is 16.5. The van der Waals surface area contributed by atoms with Crippen LogP contribution in [0.5, 0.6) is 5.75 Å². The minimum Gasteiger partial charge on any atom is -0.497 e. The van der Waals surface area contributed by atoms with Gasteiger partial charge in [-0.15, -0.1) is 5.10 Å². The van der Waals surface area contributed by atoms with Gasteiger partial charge < -0.3 is 9.72 Å². The monoisotopic (exact) mass is 500 g/mol.